The smallest absolute Gasteiger partial charge is 0.289 e. The van der Waals surface area contributed by atoms with Crippen molar-refractivity contribution in [1.82, 2.24) is 10.3 Å². The van der Waals surface area contributed by atoms with Crippen LogP contribution >= 0.6 is 15.9 Å². The molecule has 2 aromatic rings. The van der Waals surface area contributed by atoms with Gasteiger partial charge in [0.25, 0.3) is 5.91 Å². The summed E-state index contributed by atoms with van der Waals surface area (Å²) >= 11 is 3.36. The van der Waals surface area contributed by atoms with E-state index in [1.165, 1.54) is 6.39 Å². The van der Waals surface area contributed by atoms with Crippen LogP contribution in [0.4, 0.5) is 0 Å². The van der Waals surface area contributed by atoms with Gasteiger partial charge in [0.2, 0.25) is 5.76 Å². The monoisotopic (exact) mass is 294 g/mol. The Morgan fingerprint density at radius 1 is 1.41 bits per heavy atom. The van der Waals surface area contributed by atoms with E-state index < -0.39 is 0 Å². The highest BCUT2D eigenvalue weighted by molar-refractivity contribution is 9.10. The molecule has 88 valence electrons. The Hall–Kier alpha value is -1.62. The van der Waals surface area contributed by atoms with Crippen LogP contribution in [0.3, 0.4) is 0 Å². The zero-order chi connectivity index (χ0) is 12.3. The maximum atomic E-state index is 11.7. The Morgan fingerprint density at radius 3 is 2.71 bits per heavy atom. The van der Waals surface area contributed by atoms with E-state index in [2.05, 4.69) is 26.2 Å². The summed E-state index contributed by atoms with van der Waals surface area (Å²) in [4.78, 5) is 15.6. The number of hydrogen-bond donors (Lipinski definition) is 1. The van der Waals surface area contributed by atoms with Crippen LogP contribution in [0.1, 0.15) is 21.8 Å². The number of carbonyl (C=O) groups excluding carboxylic acids is 1. The largest absolute Gasteiger partial charge is 0.438 e. The van der Waals surface area contributed by atoms with Crippen LogP contribution < -0.4 is 5.32 Å². The summed E-state index contributed by atoms with van der Waals surface area (Å²) in [5, 5.41) is 2.77. The SMILES string of the molecule is Cc1ncoc1C(=O)NCc1ccc(Br)cc1. The summed E-state index contributed by atoms with van der Waals surface area (Å²) < 4.78 is 6.02. The van der Waals surface area contributed by atoms with Crippen LogP contribution in [-0.2, 0) is 6.54 Å². The third-order valence-corrected chi connectivity index (χ3v) is 2.85. The van der Waals surface area contributed by atoms with Crippen molar-refractivity contribution in [1.29, 1.82) is 0 Å². The van der Waals surface area contributed by atoms with Crippen molar-refractivity contribution in [3.63, 3.8) is 0 Å². The summed E-state index contributed by atoms with van der Waals surface area (Å²) in [6.45, 7) is 2.20. The zero-order valence-electron chi connectivity index (χ0n) is 9.24. The van der Waals surface area contributed by atoms with Gasteiger partial charge in [-0.05, 0) is 24.6 Å². The summed E-state index contributed by atoms with van der Waals surface area (Å²) in [5.74, 6) is 0.0185. The molecule has 1 heterocycles. The number of nitrogens with zero attached hydrogens (tertiary/aromatic N) is 1. The molecule has 5 heteroatoms. The lowest BCUT2D eigenvalue weighted by Gasteiger charge is -2.03. The molecule has 0 spiro atoms. The number of nitrogens with one attached hydrogen (secondary N) is 1. The van der Waals surface area contributed by atoms with E-state index in [1.54, 1.807) is 6.92 Å². The lowest BCUT2D eigenvalue weighted by molar-refractivity contribution is 0.0922. The Bertz CT molecular complexity index is 520. The fourth-order valence-corrected chi connectivity index (χ4v) is 1.65. The molecule has 0 fully saturated rings. The van der Waals surface area contributed by atoms with Crippen LogP contribution in [0.2, 0.25) is 0 Å². The highest BCUT2D eigenvalue weighted by Gasteiger charge is 2.12. The summed E-state index contributed by atoms with van der Waals surface area (Å²) in [6, 6.07) is 7.75. The number of oxazole rings is 1. The molecule has 0 saturated carbocycles. The minimum absolute atomic E-state index is 0.247. The van der Waals surface area contributed by atoms with E-state index in [4.69, 9.17) is 4.42 Å². The van der Waals surface area contributed by atoms with Gasteiger partial charge in [0.1, 0.15) is 0 Å². The number of aromatic nitrogens is 1. The molecule has 0 radical (unpaired) electrons. The molecule has 0 atom stereocenters. The number of halogens is 1. The lowest BCUT2D eigenvalue weighted by atomic mass is 10.2. The van der Waals surface area contributed by atoms with Crippen LogP contribution in [0.25, 0.3) is 0 Å². The first-order valence-corrected chi connectivity index (χ1v) is 5.89. The number of rotatable bonds is 3. The second kappa shape index (κ2) is 5.14. The predicted octanol–water partition coefficient (Wildman–Crippen LogP) is 2.68. The van der Waals surface area contributed by atoms with Gasteiger partial charge in [0, 0.05) is 11.0 Å². The third kappa shape index (κ3) is 2.94. The Labute approximate surface area is 107 Å². The van der Waals surface area contributed by atoms with Crippen LogP contribution in [-0.4, -0.2) is 10.9 Å². The number of amides is 1. The molecule has 0 aliphatic heterocycles. The molecule has 0 saturated heterocycles. The number of carbonyl (C=O) groups is 1. The summed E-state index contributed by atoms with van der Waals surface area (Å²) in [7, 11) is 0. The molecule has 0 unspecified atom stereocenters. The summed E-state index contributed by atoms with van der Waals surface area (Å²) in [5.41, 5.74) is 1.62. The predicted molar refractivity (Wildman–Crippen MR) is 66.6 cm³/mol. The normalized spacial score (nSPS) is 10.2. The average molecular weight is 295 g/mol. The molecule has 1 amide bonds. The Kier molecular flexibility index (Phi) is 3.58. The molecule has 1 N–H and O–H groups in total. The number of hydrogen-bond acceptors (Lipinski definition) is 3. The van der Waals surface area contributed by atoms with Crippen LogP contribution in [0.15, 0.2) is 39.5 Å². The molecule has 0 aliphatic carbocycles. The first-order valence-electron chi connectivity index (χ1n) is 5.09. The minimum atomic E-state index is -0.247. The Morgan fingerprint density at radius 2 is 2.12 bits per heavy atom. The molecule has 0 aliphatic rings. The first-order chi connectivity index (χ1) is 8.16. The van der Waals surface area contributed by atoms with Crippen LogP contribution in [0.5, 0.6) is 0 Å². The van der Waals surface area contributed by atoms with Crippen molar-refractivity contribution in [2.45, 2.75) is 13.5 Å². The van der Waals surface area contributed by atoms with Crippen molar-refractivity contribution in [3.05, 3.63) is 52.1 Å². The maximum absolute atomic E-state index is 11.7. The highest BCUT2D eigenvalue weighted by atomic mass is 79.9. The van der Waals surface area contributed by atoms with Gasteiger partial charge in [0.05, 0.1) is 5.69 Å². The molecule has 17 heavy (non-hydrogen) atoms. The maximum Gasteiger partial charge on any atom is 0.289 e. The van der Waals surface area contributed by atoms with Gasteiger partial charge < -0.3 is 9.73 Å². The number of aryl methyl sites for hydroxylation is 1. The van der Waals surface area contributed by atoms with Gasteiger partial charge in [0.15, 0.2) is 6.39 Å². The molecule has 1 aromatic heterocycles. The second-order valence-corrected chi connectivity index (χ2v) is 4.49. The molecular formula is C12H11BrN2O2. The van der Waals surface area contributed by atoms with Gasteiger partial charge in [-0.25, -0.2) is 4.98 Å². The van der Waals surface area contributed by atoms with E-state index in [1.807, 2.05) is 24.3 Å². The van der Waals surface area contributed by atoms with Crippen molar-refractivity contribution < 1.29 is 9.21 Å². The van der Waals surface area contributed by atoms with Gasteiger partial charge in [-0.2, -0.15) is 0 Å². The van der Waals surface area contributed by atoms with Crippen molar-refractivity contribution in [2.24, 2.45) is 0 Å². The molecule has 4 nitrogen and oxygen atoms in total. The quantitative estimate of drug-likeness (QED) is 0.947. The molecule has 2 rings (SSSR count). The van der Waals surface area contributed by atoms with Crippen molar-refractivity contribution in [2.75, 3.05) is 0 Å². The summed E-state index contributed by atoms with van der Waals surface area (Å²) in [6.07, 6.45) is 1.27. The Balaban J connectivity index is 1.97. The van der Waals surface area contributed by atoms with Gasteiger partial charge in [-0.3, -0.25) is 4.79 Å². The van der Waals surface area contributed by atoms with Crippen LogP contribution in [0, 0.1) is 6.92 Å². The van der Waals surface area contributed by atoms with E-state index in [0.717, 1.165) is 10.0 Å². The first kappa shape index (κ1) is 11.9. The van der Waals surface area contributed by atoms with Crippen molar-refractivity contribution in [3.8, 4) is 0 Å². The van der Waals surface area contributed by atoms with Gasteiger partial charge >= 0.3 is 0 Å². The van der Waals surface area contributed by atoms with E-state index >= 15 is 0 Å². The number of benzene rings is 1. The van der Waals surface area contributed by atoms with Gasteiger partial charge in [-0.1, -0.05) is 28.1 Å². The lowest BCUT2D eigenvalue weighted by Crippen LogP contribution is -2.22. The molecule has 1 aromatic carbocycles. The standard InChI is InChI=1S/C12H11BrN2O2/c1-8-11(17-7-15-8)12(16)14-6-9-2-4-10(13)5-3-9/h2-5,7H,6H2,1H3,(H,14,16). The fourth-order valence-electron chi connectivity index (χ4n) is 1.38. The zero-order valence-corrected chi connectivity index (χ0v) is 10.8. The van der Waals surface area contributed by atoms with E-state index in [0.29, 0.717) is 12.2 Å². The topological polar surface area (TPSA) is 55.1 Å². The third-order valence-electron chi connectivity index (χ3n) is 2.32. The van der Waals surface area contributed by atoms with Gasteiger partial charge in [-0.15, -0.1) is 0 Å². The van der Waals surface area contributed by atoms with E-state index in [9.17, 15) is 4.79 Å². The molecular weight excluding hydrogens is 284 g/mol. The van der Waals surface area contributed by atoms with E-state index in [-0.39, 0.29) is 11.7 Å². The molecule has 0 bridgehead atoms. The minimum Gasteiger partial charge on any atom is -0.438 e. The average Bonchev–Trinajstić information content (AvgIpc) is 2.74. The highest BCUT2D eigenvalue weighted by Crippen LogP contribution is 2.10. The fraction of sp³-hybridized carbons (Fsp3) is 0.167. The van der Waals surface area contributed by atoms with Crippen molar-refractivity contribution >= 4 is 21.8 Å². The second-order valence-electron chi connectivity index (χ2n) is 3.58.